The number of hydrogen-bond donors (Lipinski definition) is 2. The van der Waals surface area contributed by atoms with Gasteiger partial charge >= 0.3 is 0 Å². The summed E-state index contributed by atoms with van der Waals surface area (Å²) in [5.74, 6) is -0.344. The van der Waals surface area contributed by atoms with E-state index in [0.29, 0.717) is 12.1 Å². The highest BCUT2D eigenvalue weighted by Crippen LogP contribution is 2.11. The molecule has 0 aliphatic rings. The zero-order valence-electron chi connectivity index (χ0n) is 12.2. The number of carbonyl (C=O) groups excluding carboxylic acids is 1. The van der Waals surface area contributed by atoms with Crippen molar-refractivity contribution in [3.05, 3.63) is 33.2 Å². The summed E-state index contributed by atoms with van der Waals surface area (Å²) in [6, 6.07) is 1.77. The van der Waals surface area contributed by atoms with Crippen LogP contribution in [0.5, 0.6) is 0 Å². The van der Waals surface area contributed by atoms with E-state index in [4.69, 9.17) is 0 Å². The van der Waals surface area contributed by atoms with E-state index in [9.17, 15) is 14.7 Å². The number of nitrogens with one attached hydrogen (secondary N) is 1. The molecule has 1 aromatic heterocycles. The van der Waals surface area contributed by atoms with Gasteiger partial charge in [0.2, 0.25) is 0 Å². The molecule has 5 nitrogen and oxygen atoms in total. The predicted octanol–water partition coefficient (Wildman–Crippen LogP) is 1.22. The van der Waals surface area contributed by atoms with Crippen LogP contribution in [-0.4, -0.2) is 39.6 Å². The number of aryl methyl sites for hydroxylation is 2. The summed E-state index contributed by atoms with van der Waals surface area (Å²) >= 11 is 0. The second-order valence-corrected chi connectivity index (χ2v) is 5.47. The van der Waals surface area contributed by atoms with Crippen LogP contribution in [0.1, 0.15) is 42.4 Å². The Morgan fingerprint density at radius 1 is 1.42 bits per heavy atom. The first-order valence-electron chi connectivity index (χ1n) is 6.38. The molecule has 2 N–H and O–H groups in total. The second-order valence-electron chi connectivity index (χ2n) is 5.47. The van der Waals surface area contributed by atoms with E-state index in [1.54, 1.807) is 33.8 Å². The van der Waals surface area contributed by atoms with Crippen LogP contribution in [0, 0.1) is 13.8 Å². The molecular weight excluding hydrogens is 244 g/mol. The highest BCUT2D eigenvalue weighted by molar-refractivity contribution is 5.95. The summed E-state index contributed by atoms with van der Waals surface area (Å²) in [5.41, 5.74) is 0.162. The average molecular weight is 266 g/mol. The van der Waals surface area contributed by atoms with Crippen molar-refractivity contribution in [2.75, 3.05) is 13.1 Å². The Morgan fingerprint density at radius 2 is 2.00 bits per heavy atom. The lowest BCUT2D eigenvalue weighted by molar-refractivity contribution is 0.0313. The lowest BCUT2D eigenvalue weighted by Crippen LogP contribution is -2.44. The van der Waals surface area contributed by atoms with Gasteiger partial charge in [-0.25, -0.2) is 0 Å². The zero-order chi connectivity index (χ0) is 14.8. The number of rotatable bonds is 4. The van der Waals surface area contributed by atoms with Gasteiger partial charge in [0.25, 0.3) is 11.5 Å². The number of nitrogens with zero attached hydrogens (tertiary/aromatic N) is 1. The molecule has 0 atom stereocenters. The van der Waals surface area contributed by atoms with Gasteiger partial charge in [-0.15, -0.1) is 0 Å². The molecule has 0 bridgehead atoms. The molecule has 1 heterocycles. The van der Waals surface area contributed by atoms with Crippen molar-refractivity contribution in [2.45, 2.75) is 40.2 Å². The third kappa shape index (κ3) is 3.92. The number of aromatic nitrogens is 1. The molecule has 0 aliphatic carbocycles. The Labute approximate surface area is 113 Å². The van der Waals surface area contributed by atoms with Gasteiger partial charge in [0.1, 0.15) is 5.56 Å². The molecule has 0 aliphatic heterocycles. The molecule has 0 saturated carbocycles. The summed E-state index contributed by atoms with van der Waals surface area (Å²) in [7, 11) is 0. The largest absolute Gasteiger partial charge is 0.389 e. The molecule has 5 heteroatoms. The maximum atomic E-state index is 12.4. The van der Waals surface area contributed by atoms with Gasteiger partial charge in [-0.2, -0.15) is 0 Å². The quantitative estimate of drug-likeness (QED) is 0.860. The number of H-pyrrole nitrogens is 1. The van der Waals surface area contributed by atoms with Crippen LogP contribution < -0.4 is 5.56 Å². The van der Waals surface area contributed by atoms with Crippen molar-refractivity contribution in [3.8, 4) is 0 Å². The first-order chi connectivity index (χ1) is 8.65. The van der Waals surface area contributed by atoms with Crippen molar-refractivity contribution in [1.82, 2.24) is 9.88 Å². The Hall–Kier alpha value is -1.62. The first kappa shape index (κ1) is 15.4. The topological polar surface area (TPSA) is 73.4 Å². The number of aliphatic hydroxyl groups is 1. The molecule has 0 unspecified atom stereocenters. The fourth-order valence-corrected chi connectivity index (χ4v) is 2.07. The van der Waals surface area contributed by atoms with E-state index >= 15 is 0 Å². The standard InChI is InChI=1S/C14H22N2O3/c1-6-16(8-14(4,5)19)13(18)11-9(2)7-10(3)15-12(11)17/h7,19H,6,8H2,1-5H3,(H,15,17). The van der Waals surface area contributed by atoms with E-state index in [0.717, 1.165) is 5.69 Å². The van der Waals surface area contributed by atoms with Crippen molar-refractivity contribution in [2.24, 2.45) is 0 Å². The predicted molar refractivity (Wildman–Crippen MR) is 74.4 cm³/mol. The minimum absolute atomic E-state index is 0.150. The van der Waals surface area contributed by atoms with Crippen LogP contribution in [-0.2, 0) is 0 Å². The van der Waals surface area contributed by atoms with Crippen molar-refractivity contribution in [3.63, 3.8) is 0 Å². The van der Waals surface area contributed by atoms with Crippen LogP contribution in [0.25, 0.3) is 0 Å². The fourth-order valence-electron chi connectivity index (χ4n) is 2.07. The van der Waals surface area contributed by atoms with Gasteiger partial charge in [0.05, 0.1) is 5.60 Å². The third-order valence-corrected chi connectivity index (χ3v) is 2.83. The second kappa shape index (κ2) is 5.57. The summed E-state index contributed by atoms with van der Waals surface area (Å²) in [4.78, 5) is 28.4. The molecule has 1 amide bonds. The van der Waals surface area contributed by atoms with E-state index in [1.165, 1.54) is 4.90 Å². The Kier molecular flexibility index (Phi) is 4.52. The number of carbonyl (C=O) groups is 1. The van der Waals surface area contributed by atoms with Gasteiger partial charge in [-0.1, -0.05) is 0 Å². The molecule has 0 aromatic carbocycles. The Bertz CT molecular complexity index is 526. The summed E-state index contributed by atoms with van der Waals surface area (Å²) < 4.78 is 0. The number of likely N-dealkylation sites (N-methyl/N-ethyl adjacent to an activating group) is 1. The summed E-state index contributed by atoms with van der Waals surface area (Å²) in [6.07, 6.45) is 0. The molecule has 106 valence electrons. The smallest absolute Gasteiger partial charge is 0.261 e. The van der Waals surface area contributed by atoms with Crippen LogP contribution in [0.2, 0.25) is 0 Å². The van der Waals surface area contributed by atoms with E-state index in [2.05, 4.69) is 4.98 Å². The first-order valence-corrected chi connectivity index (χ1v) is 6.38. The SMILES string of the molecule is CCN(CC(C)(C)O)C(=O)c1c(C)cc(C)[nH]c1=O. The van der Waals surface area contributed by atoms with Gasteiger partial charge in [0, 0.05) is 18.8 Å². The number of aromatic amines is 1. The highest BCUT2D eigenvalue weighted by atomic mass is 16.3. The highest BCUT2D eigenvalue weighted by Gasteiger charge is 2.25. The maximum absolute atomic E-state index is 12.4. The van der Waals surface area contributed by atoms with E-state index in [1.807, 2.05) is 6.92 Å². The lowest BCUT2D eigenvalue weighted by atomic mass is 10.1. The maximum Gasteiger partial charge on any atom is 0.261 e. The molecule has 0 radical (unpaired) electrons. The Morgan fingerprint density at radius 3 is 2.42 bits per heavy atom. The normalized spacial score (nSPS) is 11.5. The number of amides is 1. The van der Waals surface area contributed by atoms with Crippen molar-refractivity contribution < 1.29 is 9.90 Å². The lowest BCUT2D eigenvalue weighted by Gasteiger charge is -2.28. The Balaban J connectivity index is 3.15. The number of pyridine rings is 1. The minimum atomic E-state index is -0.989. The van der Waals surface area contributed by atoms with Gasteiger partial charge < -0.3 is 15.0 Å². The minimum Gasteiger partial charge on any atom is -0.389 e. The number of hydrogen-bond acceptors (Lipinski definition) is 3. The molecule has 19 heavy (non-hydrogen) atoms. The van der Waals surface area contributed by atoms with E-state index < -0.39 is 5.60 Å². The van der Waals surface area contributed by atoms with Crippen LogP contribution in [0.4, 0.5) is 0 Å². The molecule has 1 aromatic rings. The van der Waals surface area contributed by atoms with Gasteiger partial charge in [-0.3, -0.25) is 9.59 Å². The van der Waals surface area contributed by atoms with Crippen LogP contribution in [0.15, 0.2) is 10.9 Å². The molecule has 0 spiro atoms. The monoisotopic (exact) mass is 266 g/mol. The van der Waals surface area contributed by atoms with Crippen molar-refractivity contribution in [1.29, 1.82) is 0 Å². The van der Waals surface area contributed by atoms with Gasteiger partial charge in [0.15, 0.2) is 0 Å². The molecule has 1 rings (SSSR count). The van der Waals surface area contributed by atoms with E-state index in [-0.39, 0.29) is 23.6 Å². The molecular formula is C14H22N2O3. The molecule has 0 saturated heterocycles. The zero-order valence-corrected chi connectivity index (χ0v) is 12.2. The van der Waals surface area contributed by atoms with Crippen LogP contribution >= 0.6 is 0 Å². The summed E-state index contributed by atoms with van der Waals surface area (Å²) in [6.45, 7) is 9.24. The van der Waals surface area contributed by atoms with Crippen LogP contribution in [0.3, 0.4) is 0 Å². The summed E-state index contributed by atoms with van der Waals surface area (Å²) in [5, 5.41) is 9.82. The average Bonchev–Trinajstić information content (AvgIpc) is 2.22. The molecule has 0 fully saturated rings. The van der Waals surface area contributed by atoms with Crippen molar-refractivity contribution >= 4 is 5.91 Å². The third-order valence-electron chi connectivity index (χ3n) is 2.83. The van der Waals surface area contributed by atoms with Gasteiger partial charge in [-0.05, 0) is 46.2 Å². The fraction of sp³-hybridized carbons (Fsp3) is 0.571.